The molecule has 2 aliphatic carbocycles. The summed E-state index contributed by atoms with van der Waals surface area (Å²) >= 11 is 5.93. The zero-order valence-corrected chi connectivity index (χ0v) is 27.8. The smallest absolute Gasteiger partial charge is 0.306 e. The van der Waals surface area contributed by atoms with Crippen molar-refractivity contribution in [1.82, 2.24) is 14.7 Å². The molecule has 7 rings (SSSR count). The van der Waals surface area contributed by atoms with Gasteiger partial charge in [0, 0.05) is 18.5 Å². The van der Waals surface area contributed by atoms with E-state index in [0.29, 0.717) is 65.5 Å². The summed E-state index contributed by atoms with van der Waals surface area (Å²) in [5.74, 6) is -0.942. The fourth-order valence-electron chi connectivity index (χ4n) is 6.93. The molecule has 2 amide bonds. The molecule has 1 aromatic heterocycles. The summed E-state index contributed by atoms with van der Waals surface area (Å²) < 4.78 is 15.3. The number of amides is 2. The van der Waals surface area contributed by atoms with Gasteiger partial charge in [0.25, 0.3) is 5.91 Å². The van der Waals surface area contributed by atoms with Gasteiger partial charge in [0.2, 0.25) is 5.91 Å². The van der Waals surface area contributed by atoms with E-state index in [-0.39, 0.29) is 29.0 Å². The van der Waals surface area contributed by atoms with Crippen molar-refractivity contribution in [2.24, 2.45) is 17.6 Å². The highest BCUT2D eigenvalue weighted by Crippen LogP contribution is 2.44. The van der Waals surface area contributed by atoms with Crippen LogP contribution in [0, 0.1) is 35.6 Å². The van der Waals surface area contributed by atoms with E-state index >= 15 is 0 Å². The number of halogens is 2. The molecule has 0 unspecified atom stereocenters. The number of primary amides is 1. The van der Waals surface area contributed by atoms with Gasteiger partial charge in [-0.25, -0.2) is 9.24 Å². The molecule has 50 heavy (non-hydrogen) atoms. The van der Waals surface area contributed by atoms with Gasteiger partial charge in [0.1, 0.15) is 11.5 Å². The Morgan fingerprint density at radius 3 is 2.22 bits per heavy atom. The third kappa shape index (κ3) is 7.24. The zero-order chi connectivity index (χ0) is 35.5. The maximum absolute atomic E-state index is 13.6. The van der Waals surface area contributed by atoms with Crippen LogP contribution < -0.4 is 5.73 Å². The Bertz CT molecular complexity index is 2020. The van der Waals surface area contributed by atoms with Crippen LogP contribution >= 0.6 is 11.6 Å². The number of fused-ring (bicyclic) bond motifs is 1. The van der Waals surface area contributed by atoms with Gasteiger partial charge >= 0.3 is 5.97 Å². The maximum Gasteiger partial charge on any atom is 0.306 e. The molecule has 254 valence electrons. The van der Waals surface area contributed by atoms with E-state index in [4.69, 9.17) is 34.3 Å². The van der Waals surface area contributed by atoms with Gasteiger partial charge < -0.3 is 15.7 Å². The van der Waals surface area contributed by atoms with Gasteiger partial charge in [-0.3, -0.25) is 19.1 Å². The number of hydrogen-bond donors (Lipinski definition) is 2. The Balaban J connectivity index is 0.000000240. The molecule has 0 bridgehead atoms. The first-order valence-corrected chi connectivity index (χ1v) is 16.7. The Kier molecular flexibility index (Phi) is 9.98. The molecule has 2 saturated carbocycles. The summed E-state index contributed by atoms with van der Waals surface area (Å²) in [6.07, 6.45) is 3.79. The second-order valence-electron chi connectivity index (χ2n) is 13.1. The van der Waals surface area contributed by atoms with Crippen LogP contribution in [0.3, 0.4) is 0 Å². The minimum absolute atomic E-state index is 0.0473. The molecular weight excluding hydrogens is 659 g/mol. The number of rotatable bonds is 7. The van der Waals surface area contributed by atoms with Crippen molar-refractivity contribution in [3.05, 3.63) is 117 Å². The van der Waals surface area contributed by atoms with Crippen LogP contribution in [-0.4, -0.2) is 44.1 Å². The molecule has 12 heteroatoms. The van der Waals surface area contributed by atoms with Gasteiger partial charge in [-0.2, -0.15) is 10.4 Å². The summed E-state index contributed by atoms with van der Waals surface area (Å²) in [5.41, 5.74) is 11.0. The van der Waals surface area contributed by atoms with E-state index in [1.54, 1.807) is 21.7 Å². The third-order valence-electron chi connectivity index (χ3n) is 9.96. The molecular formula is C38H34ClFN6O4. The lowest BCUT2D eigenvalue weighted by atomic mass is 9.70. The van der Waals surface area contributed by atoms with Crippen molar-refractivity contribution in [1.29, 1.82) is 5.26 Å². The van der Waals surface area contributed by atoms with Crippen LogP contribution in [0.25, 0.3) is 16.1 Å². The molecule has 4 aromatic rings. The van der Waals surface area contributed by atoms with Crippen molar-refractivity contribution in [3.63, 3.8) is 0 Å². The highest BCUT2D eigenvalue weighted by atomic mass is 35.5. The van der Waals surface area contributed by atoms with E-state index < -0.39 is 17.7 Å². The fourth-order valence-corrected chi connectivity index (χ4v) is 7.11. The quantitative estimate of drug-likeness (QED) is 0.198. The van der Waals surface area contributed by atoms with Crippen LogP contribution in [0.2, 0.25) is 5.02 Å². The Morgan fingerprint density at radius 1 is 1.00 bits per heavy atom. The lowest BCUT2D eigenvalue weighted by molar-refractivity contribution is -0.145. The van der Waals surface area contributed by atoms with Crippen molar-refractivity contribution >= 4 is 35.1 Å². The Labute approximate surface area is 293 Å². The average Bonchev–Trinajstić information content (AvgIpc) is 3.46. The minimum Gasteiger partial charge on any atom is -0.481 e. The molecule has 0 spiro atoms. The van der Waals surface area contributed by atoms with Crippen molar-refractivity contribution in [2.75, 3.05) is 6.54 Å². The molecule has 1 aliphatic heterocycles. The monoisotopic (exact) mass is 692 g/mol. The maximum atomic E-state index is 13.6. The van der Waals surface area contributed by atoms with Crippen LogP contribution in [-0.2, 0) is 22.7 Å². The van der Waals surface area contributed by atoms with Crippen molar-refractivity contribution < 1.29 is 23.9 Å². The van der Waals surface area contributed by atoms with Gasteiger partial charge in [-0.15, -0.1) is 0 Å². The summed E-state index contributed by atoms with van der Waals surface area (Å²) in [6.45, 7) is 8.24. The second kappa shape index (κ2) is 14.5. The number of benzene rings is 3. The molecule has 3 aromatic carbocycles. The van der Waals surface area contributed by atoms with Crippen LogP contribution in [0.4, 0.5) is 10.1 Å². The second-order valence-corrected chi connectivity index (χ2v) is 13.5. The topological polar surface area (TPSA) is 147 Å². The van der Waals surface area contributed by atoms with Crippen LogP contribution in [0.1, 0.15) is 76.7 Å². The van der Waals surface area contributed by atoms with E-state index in [1.165, 1.54) is 23.8 Å². The highest BCUT2D eigenvalue weighted by Gasteiger charge is 2.36. The molecule has 0 saturated heterocycles. The minimum atomic E-state index is -0.695. The number of carboxylic acid groups (broad SMARTS) is 1. The molecule has 2 heterocycles. The zero-order valence-electron chi connectivity index (χ0n) is 27.1. The van der Waals surface area contributed by atoms with E-state index in [9.17, 15) is 18.8 Å². The molecule has 0 radical (unpaired) electrons. The predicted octanol–water partition coefficient (Wildman–Crippen LogP) is 7.05. The lowest BCUT2D eigenvalue weighted by Gasteiger charge is -2.37. The Morgan fingerprint density at radius 2 is 1.64 bits per heavy atom. The molecule has 10 nitrogen and oxygen atoms in total. The number of nitrogens with zero attached hydrogens (tertiary/aromatic N) is 5. The number of carboxylic acids is 1. The van der Waals surface area contributed by atoms with E-state index in [1.807, 2.05) is 36.4 Å². The third-order valence-corrected chi connectivity index (χ3v) is 10.3. The molecule has 2 fully saturated rings. The standard InChI is InChI=1S/C26H23ClFN5O2.C12H11NO2/c1-30-19-5-2-16(3-6-19)18-10-15(11-18)12-23(34)32-8-9-33-22(14-32)24(26(29)35)25(31-33)17-4-7-21(28)20(27)13-17;13-7-8-1-3-9(4-2-8)10-5-11(6-10)12(14)15/h2-7,13,15,18H,8-12,14H2,(H2,29,35);1-4,10-11H,5-6H2,(H,14,15). The lowest BCUT2D eigenvalue weighted by Crippen LogP contribution is -2.40. The highest BCUT2D eigenvalue weighted by molar-refractivity contribution is 6.31. The SMILES string of the molecule is N#Cc1ccc(C2CC(C(=O)O)C2)cc1.[C-]#[N+]c1ccc(C2CC(CC(=O)N3CCn4nc(-c5ccc(F)c(Cl)c5)c(C(N)=O)c4C3)C2)cc1. The summed E-state index contributed by atoms with van der Waals surface area (Å²) in [7, 11) is 0. The number of aromatic nitrogens is 2. The fraction of sp³-hybridized carbons (Fsp3) is 0.316. The van der Waals surface area contributed by atoms with Gasteiger partial charge in [-0.1, -0.05) is 48.0 Å². The molecule has 3 aliphatic rings. The normalized spacial score (nSPS) is 20.4. The first-order chi connectivity index (χ1) is 24.0. The first-order valence-electron chi connectivity index (χ1n) is 16.4. The van der Waals surface area contributed by atoms with Gasteiger partial charge in [0.15, 0.2) is 5.69 Å². The van der Waals surface area contributed by atoms with Gasteiger partial charge in [0.05, 0.1) is 53.5 Å². The average molecular weight is 693 g/mol. The number of carbonyl (C=O) groups is 3. The van der Waals surface area contributed by atoms with Crippen molar-refractivity contribution in [2.45, 2.75) is 57.0 Å². The number of aliphatic carboxylic acids is 1. The molecule has 3 N–H and O–H groups in total. The number of nitrogens with two attached hydrogens (primary N) is 1. The Hall–Kier alpha value is -5.52. The van der Waals surface area contributed by atoms with E-state index in [0.717, 1.165) is 31.2 Å². The predicted molar refractivity (Wildman–Crippen MR) is 184 cm³/mol. The number of carbonyl (C=O) groups excluding carboxylic acids is 2. The van der Waals surface area contributed by atoms with Crippen molar-refractivity contribution in [3.8, 4) is 17.3 Å². The van der Waals surface area contributed by atoms with E-state index in [2.05, 4.69) is 16.0 Å². The first kappa shape index (κ1) is 34.3. The van der Waals surface area contributed by atoms with Crippen LogP contribution in [0.5, 0.6) is 0 Å². The summed E-state index contributed by atoms with van der Waals surface area (Å²) in [4.78, 5) is 41.2. The summed E-state index contributed by atoms with van der Waals surface area (Å²) in [5, 5.41) is 21.8. The van der Waals surface area contributed by atoms with Crippen LogP contribution in [0.15, 0.2) is 66.7 Å². The number of hydrogen-bond acceptors (Lipinski definition) is 5. The number of nitriles is 1. The van der Waals surface area contributed by atoms with Gasteiger partial charge in [-0.05, 0) is 84.9 Å². The largest absolute Gasteiger partial charge is 0.481 e. The summed E-state index contributed by atoms with van der Waals surface area (Å²) in [6, 6.07) is 21.3. The molecule has 0 atom stereocenters.